The van der Waals surface area contributed by atoms with Gasteiger partial charge in [0.15, 0.2) is 5.82 Å². The largest absolute Gasteiger partial charge is 0.458 e. The molecule has 0 heterocycles. The van der Waals surface area contributed by atoms with Crippen molar-refractivity contribution in [3.63, 3.8) is 0 Å². The molecule has 1 saturated carbocycles. The lowest BCUT2D eigenvalue weighted by atomic mass is 9.82. The molecule has 0 saturated heterocycles. The highest BCUT2D eigenvalue weighted by Gasteiger charge is 2.43. The van der Waals surface area contributed by atoms with E-state index in [1.165, 1.54) is 5.92 Å². The molecule has 1 aliphatic carbocycles. The molecule has 0 spiro atoms. The van der Waals surface area contributed by atoms with Crippen LogP contribution in [0.3, 0.4) is 0 Å². The molecule has 1 fully saturated rings. The van der Waals surface area contributed by atoms with Gasteiger partial charge in [-0.25, -0.2) is 22.0 Å². The Morgan fingerprint density at radius 1 is 0.763 bits per heavy atom. The molecule has 38 heavy (non-hydrogen) atoms. The second-order valence-electron chi connectivity index (χ2n) is 9.23. The van der Waals surface area contributed by atoms with Crippen LogP contribution in [0, 0.1) is 52.8 Å². The van der Waals surface area contributed by atoms with Gasteiger partial charge in [-0.3, -0.25) is 0 Å². The minimum atomic E-state index is -5.07. The van der Waals surface area contributed by atoms with Crippen molar-refractivity contribution in [1.29, 1.82) is 0 Å². The molecule has 0 aliphatic heterocycles. The SMILES string of the molecule is CC1CCC(C(F)(F)Oc2cc(F)c(-c3cc(F)c4c(F)c(C#CC(F)(F)F)c(F)cc4c3)c(F)c2)CC1. The average Bonchev–Trinajstić information content (AvgIpc) is 2.77. The van der Waals surface area contributed by atoms with E-state index in [0.29, 0.717) is 43.0 Å². The Bertz CT molecular complexity index is 1420. The molecule has 1 nitrogen and oxygen atoms in total. The Balaban J connectivity index is 1.71. The van der Waals surface area contributed by atoms with E-state index in [9.17, 15) is 43.9 Å². The van der Waals surface area contributed by atoms with Gasteiger partial charge in [-0.1, -0.05) is 25.7 Å². The highest BCUT2D eigenvalue weighted by molar-refractivity contribution is 5.90. The summed E-state index contributed by atoms with van der Waals surface area (Å²) in [6.07, 6.45) is -7.32. The summed E-state index contributed by atoms with van der Waals surface area (Å²) < 4.78 is 144. The number of ether oxygens (including phenoxy) is 1. The highest BCUT2D eigenvalue weighted by Crippen LogP contribution is 2.41. The van der Waals surface area contributed by atoms with Gasteiger partial charge in [0.05, 0.1) is 22.4 Å². The Morgan fingerprint density at radius 3 is 1.95 bits per heavy atom. The number of halogens is 10. The van der Waals surface area contributed by atoms with E-state index in [1.807, 2.05) is 6.92 Å². The maximum atomic E-state index is 14.9. The third-order valence-electron chi connectivity index (χ3n) is 6.46. The maximum Gasteiger partial charge on any atom is 0.458 e. The van der Waals surface area contributed by atoms with Gasteiger partial charge in [0, 0.05) is 18.1 Å². The van der Waals surface area contributed by atoms with Crippen LogP contribution in [0.15, 0.2) is 30.3 Å². The summed E-state index contributed by atoms with van der Waals surface area (Å²) in [6, 6.07) is 2.70. The van der Waals surface area contributed by atoms with Gasteiger partial charge in [0.2, 0.25) is 0 Å². The Morgan fingerprint density at radius 2 is 1.37 bits per heavy atom. The molecule has 0 radical (unpaired) electrons. The van der Waals surface area contributed by atoms with Crippen molar-refractivity contribution in [2.75, 3.05) is 0 Å². The lowest BCUT2D eigenvalue weighted by Gasteiger charge is -2.32. The summed E-state index contributed by atoms with van der Waals surface area (Å²) in [5.74, 6) is -7.32. The van der Waals surface area contributed by atoms with E-state index >= 15 is 0 Å². The quantitative estimate of drug-likeness (QED) is 0.234. The Hall–Kier alpha value is -3.42. The van der Waals surface area contributed by atoms with Crippen LogP contribution in [0.1, 0.15) is 38.2 Å². The first-order valence-corrected chi connectivity index (χ1v) is 11.4. The first-order valence-electron chi connectivity index (χ1n) is 11.4. The lowest BCUT2D eigenvalue weighted by Crippen LogP contribution is -2.37. The number of benzene rings is 3. The van der Waals surface area contributed by atoms with E-state index < -0.39 is 80.5 Å². The third kappa shape index (κ3) is 5.69. The minimum Gasteiger partial charge on any atom is -0.432 e. The van der Waals surface area contributed by atoms with Crippen molar-refractivity contribution >= 4 is 10.8 Å². The van der Waals surface area contributed by atoms with Crippen LogP contribution in [-0.4, -0.2) is 12.3 Å². The molecule has 0 unspecified atom stereocenters. The summed E-state index contributed by atoms with van der Waals surface area (Å²) in [4.78, 5) is 0. The van der Waals surface area contributed by atoms with Crippen molar-refractivity contribution < 1.29 is 48.6 Å². The van der Waals surface area contributed by atoms with E-state index in [1.54, 1.807) is 0 Å². The van der Waals surface area contributed by atoms with Crippen molar-refractivity contribution in [3.8, 4) is 28.7 Å². The van der Waals surface area contributed by atoms with Crippen molar-refractivity contribution in [2.45, 2.75) is 44.9 Å². The standard InChI is InChI=1S/C27H18F10O/c1-13-2-4-16(5-3-13)27(36,37)38-17-11-21(30)23(22(31)12-17)14-8-15-9-19(28)18(6-7-26(33,34)35)25(32)24(15)20(29)10-14/h8-13,16H,2-5H2,1H3. The van der Waals surface area contributed by atoms with Crippen LogP contribution in [-0.2, 0) is 0 Å². The molecule has 3 aromatic carbocycles. The van der Waals surface area contributed by atoms with E-state index in [2.05, 4.69) is 4.74 Å². The zero-order valence-electron chi connectivity index (χ0n) is 19.6. The van der Waals surface area contributed by atoms with Crippen molar-refractivity contribution in [2.24, 2.45) is 11.8 Å². The smallest absolute Gasteiger partial charge is 0.432 e. The molecule has 0 amide bonds. The molecule has 0 bridgehead atoms. The molecule has 4 rings (SSSR count). The number of hydrogen-bond donors (Lipinski definition) is 0. The summed E-state index contributed by atoms with van der Waals surface area (Å²) in [7, 11) is 0. The van der Waals surface area contributed by atoms with Gasteiger partial charge >= 0.3 is 12.3 Å². The number of fused-ring (bicyclic) bond motifs is 1. The Kier molecular flexibility index (Phi) is 7.30. The molecule has 202 valence electrons. The monoisotopic (exact) mass is 548 g/mol. The van der Waals surface area contributed by atoms with Crippen molar-refractivity contribution in [1.82, 2.24) is 0 Å². The fraction of sp³-hybridized carbons (Fsp3) is 0.333. The van der Waals surface area contributed by atoms with Crippen molar-refractivity contribution in [3.05, 3.63) is 65.0 Å². The van der Waals surface area contributed by atoms with Gasteiger partial charge in [-0.2, -0.15) is 22.0 Å². The zero-order valence-corrected chi connectivity index (χ0v) is 19.6. The number of alkyl halides is 5. The third-order valence-corrected chi connectivity index (χ3v) is 6.46. The molecule has 0 aromatic heterocycles. The van der Waals surface area contributed by atoms with Crippen LogP contribution in [0.4, 0.5) is 43.9 Å². The number of rotatable bonds is 4. The normalized spacial score (nSPS) is 18.3. The lowest BCUT2D eigenvalue weighted by molar-refractivity contribution is -0.223. The van der Waals surface area contributed by atoms with Crippen LogP contribution < -0.4 is 4.74 Å². The zero-order chi connectivity index (χ0) is 28.0. The van der Waals surface area contributed by atoms with Gasteiger partial charge in [-0.05, 0) is 47.9 Å². The maximum absolute atomic E-state index is 14.9. The molecule has 3 aromatic rings. The molecular weight excluding hydrogens is 530 g/mol. The molecule has 0 atom stereocenters. The van der Waals surface area contributed by atoms with Gasteiger partial charge in [-0.15, -0.1) is 0 Å². The molecule has 0 N–H and O–H groups in total. The average molecular weight is 548 g/mol. The predicted octanol–water partition coefficient (Wildman–Crippen LogP) is 8.91. The summed E-state index contributed by atoms with van der Waals surface area (Å²) in [5.41, 5.74) is -2.78. The molecular formula is C27H18F10O. The summed E-state index contributed by atoms with van der Waals surface area (Å²) >= 11 is 0. The minimum absolute atomic E-state index is 0.171. The summed E-state index contributed by atoms with van der Waals surface area (Å²) in [6.45, 7) is 1.93. The summed E-state index contributed by atoms with van der Waals surface area (Å²) in [5, 5.41) is -1.52. The van der Waals surface area contributed by atoms with Gasteiger partial charge in [0.25, 0.3) is 0 Å². The predicted molar refractivity (Wildman–Crippen MR) is 119 cm³/mol. The fourth-order valence-corrected chi connectivity index (χ4v) is 4.53. The highest BCUT2D eigenvalue weighted by atomic mass is 19.4. The Labute approximate surface area is 210 Å². The molecule has 11 heteroatoms. The fourth-order valence-electron chi connectivity index (χ4n) is 4.53. The number of hydrogen-bond acceptors (Lipinski definition) is 1. The van der Waals surface area contributed by atoms with Crippen LogP contribution in [0.2, 0.25) is 0 Å². The second-order valence-corrected chi connectivity index (χ2v) is 9.23. The molecule has 1 aliphatic rings. The topological polar surface area (TPSA) is 9.23 Å². The van der Waals surface area contributed by atoms with Gasteiger partial charge < -0.3 is 4.74 Å². The van der Waals surface area contributed by atoms with Crippen LogP contribution >= 0.6 is 0 Å². The first-order chi connectivity index (χ1) is 17.7. The second kappa shape index (κ2) is 10.0. The van der Waals surface area contributed by atoms with Crippen LogP contribution in [0.5, 0.6) is 5.75 Å². The van der Waals surface area contributed by atoms with Crippen LogP contribution in [0.25, 0.3) is 21.9 Å². The van der Waals surface area contributed by atoms with E-state index in [0.717, 1.165) is 6.07 Å². The van der Waals surface area contributed by atoms with E-state index in [4.69, 9.17) is 0 Å². The van der Waals surface area contributed by atoms with E-state index in [-0.39, 0.29) is 18.8 Å². The van der Waals surface area contributed by atoms with Gasteiger partial charge in [0.1, 0.15) is 29.0 Å². The first kappa shape index (κ1) is 27.6.